The van der Waals surface area contributed by atoms with E-state index >= 15 is 0 Å². The zero-order valence-corrected chi connectivity index (χ0v) is 13.9. The van der Waals surface area contributed by atoms with Crippen LogP contribution in [0.2, 0.25) is 0 Å². The second-order valence-corrected chi connectivity index (χ2v) is 6.01. The normalized spacial score (nSPS) is 17.8. The topological polar surface area (TPSA) is 64.6 Å². The molecule has 2 aromatic carbocycles. The van der Waals surface area contributed by atoms with Crippen LogP contribution in [0.5, 0.6) is 0 Å². The molecule has 5 nitrogen and oxygen atoms in total. The Kier molecular flexibility index (Phi) is 5.80. The van der Waals surface area contributed by atoms with Crippen LogP contribution in [0.25, 0.3) is 0 Å². The summed E-state index contributed by atoms with van der Waals surface area (Å²) in [5.74, 6) is -0.679. The van der Waals surface area contributed by atoms with E-state index in [4.69, 9.17) is 9.47 Å². The number of benzene rings is 2. The van der Waals surface area contributed by atoms with Gasteiger partial charge in [0.15, 0.2) is 0 Å². The summed E-state index contributed by atoms with van der Waals surface area (Å²) in [7, 11) is 0. The number of cyclic esters (lactones) is 1. The number of hydrogen-bond acceptors (Lipinski definition) is 5. The SMILES string of the molecule is O=C1OCCC1N[C@@H](Cc1ccccc1)C(=O)OCc1ccccc1. The highest BCUT2D eigenvalue weighted by molar-refractivity contribution is 5.80. The third kappa shape index (κ3) is 4.90. The van der Waals surface area contributed by atoms with Crippen LogP contribution >= 0.6 is 0 Å². The summed E-state index contributed by atoms with van der Waals surface area (Å²) in [4.78, 5) is 24.3. The lowest BCUT2D eigenvalue weighted by Gasteiger charge is -2.20. The van der Waals surface area contributed by atoms with Crippen molar-refractivity contribution in [3.05, 3.63) is 71.8 Å². The number of esters is 2. The Morgan fingerprint density at radius 3 is 2.32 bits per heavy atom. The molecule has 1 heterocycles. The van der Waals surface area contributed by atoms with Crippen molar-refractivity contribution in [2.75, 3.05) is 6.61 Å². The first-order valence-electron chi connectivity index (χ1n) is 8.39. The molecule has 1 unspecified atom stereocenters. The van der Waals surface area contributed by atoms with Gasteiger partial charge in [-0.3, -0.25) is 14.9 Å². The summed E-state index contributed by atoms with van der Waals surface area (Å²) < 4.78 is 10.4. The molecule has 1 saturated heterocycles. The maximum atomic E-state index is 12.6. The van der Waals surface area contributed by atoms with Crippen molar-refractivity contribution in [3.8, 4) is 0 Å². The highest BCUT2D eigenvalue weighted by atomic mass is 16.5. The number of ether oxygens (including phenoxy) is 2. The van der Waals surface area contributed by atoms with Crippen LogP contribution in [-0.2, 0) is 32.1 Å². The molecule has 0 aromatic heterocycles. The molecule has 2 aromatic rings. The molecule has 0 radical (unpaired) electrons. The smallest absolute Gasteiger partial charge is 0.323 e. The zero-order valence-electron chi connectivity index (χ0n) is 13.9. The molecule has 0 bridgehead atoms. The minimum absolute atomic E-state index is 0.210. The summed E-state index contributed by atoms with van der Waals surface area (Å²) in [6, 6.07) is 18.1. The molecule has 2 atom stereocenters. The fourth-order valence-corrected chi connectivity index (χ4v) is 2.78. The Morgan fingerprint density at radius 2 is 1.72 bits per heavy atom. The fourth-order valence-electron chi connectivity index (χ4n) is 2.78. The molecule has 1 aliphatic rings. The van der Waals surface area contributed by atoms with Gasteiger partial charge in [0.1, 0.15) is 18.7 Å². The van der Waals surface area contributed by atoms with E-state index in [0.717, 1.165) is 11.1 Å². The lowest BCUT2D eigenvalue weighted by Crippen LogP contribution is -2.47. The average Bonchev–Trinajstić information content (AvgIpc) is 3.05. The highest BCUT2D eigenvalue weighted by Gasteiger charge is 2.32. The lowest BCUT2D eigenvalue weighted by atomic mass is 10.0. The number of carbonyl (C=O) groups excluding carboxylic acids is 2. The number of carbonyl (C=O) groups is 2. The number of rotatable bonds is 7. The van der Waals surface area contributed by atoms with Crippen molar-refractivity contribution in [2.24, 2.45) is 0 Å². The molecule has 1 aliphatic heterocycles. The van der Waals surface area contributed by atoms with E-state index < -0.39 is 12.1 Å². The minimum atomic E-state index is -0.596. The van der Waals surface area contributed by atoms with Crippen molar-refractivity contribution >= 4 is 11.9 Å². The van der Waals surface area contributed by atoms with Gasteiger partial charge in [-0.25, -0.2) is 0 Å². The summed E-state index contributed by atoms with van der Waals surface area (Å²) in [6.45, 7) is 0.593. The molecule has 5 heteroatoms. The Labute approximate surface area is 147 Å². The van der Waals surface area contributed by atoms with Crippen molar-refractivity contribution in [2.45, 2.75) is 31.5 Å². The van der Waals surface area contributed by atoms with Gasteiger partial charge < -0.3 is 9.47 Å². The van der Waals surface area contributed by atoms with Crippen LogP contribution < -0.4 is 5.32 Å². The van der Waals surface area contributed by atoms with Gasteiger partial charge in [0.2, 0.25) is 0 Å². The minimum Gasteiger partial charge on any atom is -0.464 e. The van der Waals surface area contributed by atoms with E-state index in [0.29, 0.717) is 19.4 Å². The van der Waals surface area contributed by atoms with E-state index in [2.05, 4.69) is 5.32 Å². The molecule has 0 saturated carbocycles. The Bertz CT molecular complexity index is 702. The standard InChI is InChI=1S/C20H21NO4/c22-19-17(11-12-24-19)21-18(13-15-7-3-1-4-8-15)20(23)25-14-16-9-5-2-6-10-16/h1-10,17-18,21H,11-14H2/t17?,18-/m0/s1. The summed E-state index contributed by atoms with van der Waals surface area (Å²) in [5.41, 5.74) is 1.93. The van der Waals surface area contributed by atoms with Gasteiger partial charge in [0.05, 0.1) is 6.61 Å². The van der Waals surface area contributed by atoms with Crippen LogP contribution in [-0.4, -0.2) is 30.6 Å². The molecule has 25 heavy (non-hydrogen) atoms. The van der Waals surface area contributed by atoms with Gasteiger partial charge in [-0.05, 0) is 17.5 Å². The van der Waals surface area contributed by atoms with E-state index in [1.54, 1.807) is 0 Å². The molecule has 130 valence electrons. The van der Waals surface area contributed by atoms with Gasteiger partial charge >= 0.3 is 11.9 Å². The van der Waals surface area contributed by atoms with Crippen molar-refractivity contribution in [1.29, 1.82) is 0 Å². The molecule has 0 spiro atoms. The molecule has 0 aliphatic carbocycles. The molecule has 1 fully saturated rings. The first-order chi connectivity index (χ1) is 12.2. The maximum absolute atomic E-state index is 12.6. The largest absolute Gasteiger partial charge is 0.464 e. The van der Waals surface area contributed by atoms with E-state index in [9.17, 15) is 9.59 Å². The van der Waals surface area contributed by atoms with Crippen LogP contribution in [0.4, 0.5) is 0 Å². The number of nitrogens with one attached hydrogen (secondary N) is 1. The van der Waals surface area contributed by atoms with Crippen LogP contribution in [0, 0.1) is 0 Å². The molecular weight excluding hydrogens is 318 g/mol. The fraction of sp³-hybridized carbons (Fsp3) is 0.300. The second kappa shape index (κ2) is 8.44. The molecule has 3 rings (SSSR count). The summed E-state index contributed by atoms with van der Waals surface area (Å²) >= 11 is 0. The quantitative estimate of drug-likeness (QED) is 0.784. The number of hydrogen-bond donors (Lipinski definition) is 1. The van der Waals surface area contributed by atoms with Crippen LogP contribution in [0.15, 0.2) is 60.7 Å². The second-order valence-electron chi connectivity index (χ2n) is 6.01. The summed E-state index contributed by atoms with van der Waals surface area (Å²) in [6.07, 6.45) is 1.02. The zero-order chi connectivity index (χ0) is 17.5. The summed E-state index contributed by atoms with van der Waals surface area (Å²) in [5, 5.41) is 3.10. The van der Waals surface area contributed by atoms with Crippen molar-refractivity contribution in [3.63, 3.8) is 0 Å². The highest BCUT2D eigenvalue weighted by Crippen LogP contribution is 2.12. The van der Waals surface area contributed by atoms with E-state index in [1.807, 2.05) is 60.7 Å². The first-order valence-corrected chi connectivity index (χ1v) is 8.39. The third-order valence-electron chi connectivity index (χ3n) is 4.13. The van der Waals surface area contributed by atoms with Gasteiger partial charge in [-0.1, -0.05) is 60.7 Å². The predicted octanol–water partition coefficient (Wildman–Crippen LogP) is 2.25. The van der Waals surface area contributed by atoms with Gasteiger partial charge in [0.25, 0.3) is 0 Å². The molecular formula is C20H21NO4. The first kappa shape index (κ1) is 17.2. The van der Waals surface area contributed by atoms with E-state index in [-0.39, 0.29) is 18.5 Å². The average molecular weight is 339 g/mol. The predicted molar refractivity (Wildman–Crippen MR) is 92.7 cm³/mol. The van der Waals surface area contributed by atoms with Crippen LogP contribution in [0.1, 0.15) is 17.5 Å². The van der Waals surface area contributed by atoms with Crippen LogP contribution in [0.3, 0.4) is 0 Å². The Balaban J connectivity index is 1.65. The Hall–Kier alpha value is -2.66. The van der Waals surface area contributed by atoms with Gasteiger partial charge in [0, 0.05) is 6.42 Å². The monoisotopic (exact) mass is 339 g/mol. The molecule has 1 N–H and O–H groups in total. The maximum Gasteiger partial charge on any atom is 0.323 e. The molecule has 0 amide bonds. The van der Waals surface area contributed by atoms with Crippen molar-refractivity contribution in [1.82, 2.24) is 5.32 Å². The Morgan fingerprint density at radius 1 is 1.08 bits per heavy atom. The third-order valence-corrected chi connectivity index (χ3v) is 4.13. The van der Waals surface area contributed by atoms with Gasteiger partial charge in [-0.15, -0.1) is 0 Å². The lowest BCUT2D eigenvalue weighted by molar-refractivity contribution is -0.148. The van der Waals surface area contributed by atoms with Crippen molar-refractivity contribution < 1.29 is 19.1 Å². The van der Waals surface area contributed by atoms with E-state index in [1.165, 1.54) is 0 Å². The van der Waals surface area contributed by atoms with Gasteiger partial charge in [-0.2, -0.15) is 0 Å².